The summed E-state index contributed by atoms with van der Waals surface area (Å²) in [6, 6.07) is 5.31. The molecule has 7 heteroatoms. The number of carbonyl (C=O) groups excluding carboxylic acids is 2. The van der Waals surface area contributed by atoms with Crippen LogP contribution in [0.25, 0.3) is 10.9 Å². The Bertz CT molecular complexity index is 902. The molecule has 2 aliphatic rings. The van der Waals surface area contributed by atoms with Crippen molar-refractivity contribution >= 4 is 22.7 Å². The van der Waals surface area contributed by atoms with Gasteiger partial charge in [-0.25, -0.2) is 4.39 Å². The first-order chi connectivity index (χ1) is 14.4. The van der Waals surface area contributed by atoms with E-state index < -0.39 is 0 Å². The van der Waals surface area contributed by atoms with Crippen LogP contribution in [0.2, 0.25) is 0 Å². The molecule has 0 spiro atoms. The van der Waals surface area contributed by atoms with Crippen molar-refractivity contribution in [2.75, 3.05) is 26.2 Å². The zero-order chi connectivity index (χ0) is 21.3. The minimum Gasteiger partial charge on any atom is -0.350 e. The molecule has 2 aromatic rings. The van der Waals surface area contributed by atoms with Crippen LogP contribution in [-0.2, 0) is 4.79 Å². The van der Waals surface area contributed by atoms with Crippen molar-refractivity contribution in [3.63, 3.8) is 0 Å². The first kappa shape index (κ1) is 20.8. The molecule has 1 aromatic carbocycles. The summed E-state index contributed by atoms with van der Waals surface area (Å²) < 4.78 is 14.1. The first-order valence-electron chi connectivity index (χ1n) is 11.0. The molecule has 30 heavy (non-hydrogen) atoms. The molecular weight excluding hydrogens is 383 g/mol. The van der Waals surface area contributed by atoms with E-state index in [1.54, 1.807) is 19.1 Å². The number of halogens is 1. The highest BCUT2D eigenvalue weighted by molar-refractivity contribution is 5.99. The van der Waals surface area contributed by atoms with Gasteiger partial charge in [-0.05, 0) is 56.7 Å². The Morgan fingerprint density at radius 2 is 1.97 bits per heavy atom. The van der Waals surface area contributed by atoms with E-state index in [0.29, 0.717) is 22.6 Å². The average Bonchev–Trinajstić information content (AvgIpc) is 3.04. The summed E-state index contributed by atoms with van der Waals surface area (Å²) in [5.74, 6) is -0.339. The Morgan fingerprint density at radius 3 is 2.73 bits per heavy atom. The lowest BCUT2D eigenvalue weighted by Crippen LogP contribution is -2.47. The molecule has 1 aromatic heterocycles. The highest BCUT2D eigenvalue weighted by atomic mass is 19.1. The Labute approximate surface area is 176 Å². The zero-order valence-corrected chi connectivity index (χ0v) is 17.8. The van der Waals surface area contributed by atoms with Crippen LogP contribution in [0, 0.1) is 12.7 Å². The van der Waals surface area contributed by atoms with E-state index >= 15 is 0 Å². The molecule has 1 aliphatic heterocycles. The van der Waals surface area contributed by atoms with Crippen molar-refractivity contribution in [1.29, 1.82) is 0 Å². The van der Waals surface area contributed by atoms with Gasteiger partial charge in [-0.2, -0.15) is 0 Å². The Hall–Kier alpha value is -2.41. The maximum Gasteiger partial charge on any atom is 0.267 e. The van der Waals surface area contributed by atoms with Gasteiger partial charge in [0.15, 0.2) is 0 Å². The van der Waals surface area contributed by atoms with Crippen molar-refractivity contribution in [1.82, 2.24) is 20.1 Å². The van der Waals surface area contributed by atoms with Gasteiger partial charge < -0.3 is 15.2 Å². The van der Waals surface area contributed by atoms with E-state index in [-0.39, 0.29) is 23.7 Å². The number of benzene rings is 1. The third-order valence-corrected chi connectivity index (χ3v) is 6.67. The molecule has 2 atom stereocenters. The molecule has 2 N–H and O–H groups in total. The van der Waals surface area contributed by atoms with Crippen LogP contribution < -0.4 is 5.32 Å². The molecular formula is C23H31FN4O2. The summed E-state index contributed by atoms with van der Waals surface area (Å²) in [5, 5.41) is 3.62. The number of H-pyrrole nitrogens is 1. The van der Waals surface area contributed by atoms with Crippen molar-refractivity contribution in [2.24, 2.45) is 0 Å². The number of hydrogen-bond donors (Lipinski definition) is 2. The Kier molecular flexibility index (Phi) is 6.09. The summed E-state index contributed by atoms with van der Waals surface area (Å²) in [6.45, 7) is 7.04. The number of amides is 2. The van der Waals surface area contributed by atoms with Crippen molar-refractivity contribution in [3.8, 4) is 0 Å². The maximum atomic E-state index is 14.1. The molecule has 2 fully saturated rings. The fraction of sp³-hybridized carbons (Fsp3) is 0.565. The van der Waals surface area contributed by atoms with Crippen molar-refractivity contribution < 1.29 is 14.0 Å². The predicted molar refractivity (Wildman–Crippen MR) is 115 cm³/mol. The van der Waals surface area contributed by atoms with Gasteiger partial charge in [0.25, 0.3) is 5.91 Å². The second-order valence-corrected chi connectivity index (χ2v) is 8.72. The minimum absolute atomic E-state index is 0.112. The van der Waals surface area contributed by atoms with Crippen molar-refractivity contribution in [3.05, 3.63) is 35.3 Å². The molecule has 1 saturated heterocycles. The summed E-state index contributed by atoms with van der Waals surface area (Å²) in [4.78, 5) is 32.0. The highest BCUT2D eigenvalue weighted by Gasteiger charge is 2.29. The van der Waals surface area contributed by atoms with Crippen LogP contribution in [0.4, 0.5) is 4.39 Å². The van der Waals surface area contributed by atoms with Gasteiger partial charge >= 0.3 is 0 Å². The number of nitrogens with one attached hydrogen (secondary N) is 2. The number of rotatable bonds is 3. The van der Waals surface area contributed by atoms with E-state index in [1.165, 1.54) is 6.07 Å². The molecule has 1 aliphatic carbocycles. The van der Waals surface area contributed by atoms with E-state index in [4.69, 9.17) is 0 Å². The SMILES string of the molecule is CC(=O)N1CCCN([C@@H]2CCC[C@@H](NC(=O)c3cc4c(F)ccc(C)c4[nH]3)C2)CC1. The van der Waals surface area contributed by atoms with Gasteiger partial charge in [-0.3, -0.25) is 14.5 Å². The zero-order valence-electron chi connectivity index (χ0n) is 17.8. The van der Waals surface area contributed by atoms with Crippen molar-refractivity contribution in [2.45, 2.75) is 58.0 Å². The first-order valence-corrected chi connectivity index (χ1v) is 11.0. The predicted octanol–water partition coefficient (Wildman–Crippen LogP) is 3.21. The smallest absolute Gasteiger partial charge is 0.267 e. The number of nitrogens with zero attached hydrogens (tertiary/aromatic N) is 2. The molecule has 2 amide bonds. The normalized spacial score (nSPS) is 23.4. The Morgan fingerprint density at radius 1 is 1.13 bits per heavy atom. The van der Waals surface area contributed by atoms with Gasteiger partial charge in [0.05, 0.1) is 5.52 Å². The number of hydrogen-bond acceptors (Lipinski definition) is 3. The highest BCUT2D eigenvalue weighted by Crippen LogP contribution is 2.26. The van der Waals surface area contributed by atoms with Gasteiger partial charge in [-0.15, -0.1) is 0 Å². The summed E-state index contributed by atoms with van der Waals surface area (Å²) in [7, 11) is 0. The van der Waals surface area contributed by atoms with E-state index in [1.807, 2.05) is 11.8 Å². The molecule has 0 unspecified atom stereocenters. The molecule has 6 nitrogen and oxygen atoms in total. The van der Waals surface area contributed by atoms with Crippen LogP contribution in [0.15, 0.2) is 18.2 Å². The number of aromatic nitrogens is 1. The van der Waals surface area contributed by atoms with Gasteiger partial charge in [0.1, 0.15) is 11.5 Å². The standard InChI is InChI=1S/C23H31FN4O2/c1-15-7-8-20(24)19-14-21(26-22(15)19)23(30)25-17-5-3-6-18(13-17)28-10-4-9-27(11-12-28)16(2)29/h7-8,14,17-18,26H,3-6,9-13H2,1-2H3,(H,25,30)/t17-,18-/m1/s1. The fourth-order valence-electron chi connectivity index (χ4n) is 4.95. The van der Waals surface area contributed by atoms with Crippen LogP contribution in [-0.4, -0.2) is 64.9 Å². The number of carbonyl (C=O) groups is 2. The summed E-state index contributed by atoms with van der Waals surface area (Å²) >= 11 is 0. The summed E-state index contributed by atoms with van der Waals surface area (Å²) in [5.41, 5.74) is 2.01. The van der Waals surface area contributed by atoms with Gasteiger partial charge in [-0.1, -0.05) is 6.07 Å². The molecule has 2 heterocycles. The third kappa shape index (κ3) is 4.36. The lowest BCUT2D eigenvalue weighted by Gasteiger charge is -2.37. The number of aromatic amines is 1. The molecule has 0 radical (unpaired) electrons. The van der Waals surface area contributed by atoms with E-state index in [2.05, 4.69) is 15.2 Å². The van der Waals surface area contributed by atoms with Crippen LogP contribution in [0.1, 0.15) is 55.1 Å². The Balaban J connectivity index is 1.39. The topological polar surface area (TPSA) is 68.4 Å². The van der Waals surface area contributed by atoms with Gasteiger partial charge in [0.2, 0.25) is 5.91 Å². The molecule has 162 valence electrons. The van der Waals surface area contributed by atoms with Crippen LogP contribution >= 0.6 is 0 Å². The minimum atomic E-state index is -0.315. The second-order valence-electron chi connectivity index (χ2n) is 8.72. The largest absolute Gasteiger partial charge is 0.350 e. The summed E-state index contributed by atoms with van der Waals surface area (Å²) in [6.07, 6.45) is 5.07. The second kappa shape index (κ2) is 8.76. The molecule has 4 rings (SSSR count). The average molecular weight is 415 g/mol. The lowest BCUT2D eigenvalue weighted by molar-refractivity contribution is -0.128. The number of aryl methyl sites for hydroxylation is 1. The maximum absolute atomic E-state index is 14.1. The van der Waals surface area contributed by atoms with Crippen LogP contribution in [0.3, 0.4) is 0 Å². The fourth-order valence-corrected chi connectivity index (χ4v) is 4.95. The number of fused-ring (bicyclic) bond motifs is 1. The quantitative estimate of drug-likeness (QED) is 0.810. The van der Waals surface area contributed by atoms with Gasteiger partial charge in [0, 0.05) is 50.6 Å². The monoisotopic (exact) mass is 414 g/mol. The van der Waals surface area contributed by atoms with E-state index in [9.17, 15) is 14.0 Å². The third-order valence-electron chi connectivity index (χ3n) is 6.67. The lowest BCUT2D eigenvalue weighted by atomic mass is 9.89. The van der Waals surface area contributed by atoms with Crippen LogP contribution in [0.5, 0.6) is 0 Å². The van der Waals surface area contributed by atoms with E-state index in [0.717, 1.165) is 63.8 Å². The molecule has 0 bridgehead atoms. The molecule has 1 saturated carbocycles.